The summed E-state index contributed by atoms with van der Waals surface area (Å²) in [4.78, 5) is 96.6. The van der Waals surface area contributed by atoms with Gasteiger partial charge in [-0.25, -0.2) is 4.79 Å². The quantitative estimate of drug-likeness (QED) is 0.0400. The summed E-state index contributed by atoms with van der Waals surface area (Å²) in [5, 5.41) is 14.7. The van der Waals surface area contributed by atoms with Crippen LogP contribution in [0.2, 0.25) is 0 Å². The molecule has 0 saturated heterocycles. The van der Waals surface area contributed by atoms with Crippen LogP contribution >= 0.6 is 21.6 Å². The molecule has 13 nitrogen and oxygen atoms in total. The molecule has 2 amide bonds. The fourth-order valence-electron chi connectivity index (χ4n) is 5.19. The zero-order valence-corrected chi connectivity index (χ0v) is 31.9. The monoisotopic (exact) mass is 776 g/mol. The molecule has 292 valence electrons. The van der Waals surface area contributed by atoms with E-state index in [2.05, 4.69) is 17.2 Å². The number of nitrogens with one attached hydrogen (secondary N) is 2. The van der Waals surface area contributed by atoms with Crippen molar-refractivity contribution < 1.29 is 52.9 Å². The topological polar surface area (TPSA) is 199 Å². The van der Waals surface area contributed by atoms with Crippen molar-refractivity contribution in [2.45, 2.75) is 121 Å². The van der Waals surface area contributed by atoms with Crippen LogP contribution < -0.4 is 10.6 Å². The van der Waals surface area contributed by atoms with Crippen LogP contribution in [-0.4, -0.2) is 82.3 Å². The summed E-state index contributed by atoms with van der Waals surface area (Å²) >= 11 is 0. The van der Waals surface area contributed by atoms with Gasteiger partial charge in [0.05, 0.1) is 18.3 Å². The number of aliphatic hydroxyl groups excluding tert-OH is 1. The molecule has 1 aromatic carbocycles. The summed E-state index contributed by atoms with van der Waals surface area (Å²) in [6, 6.07) is 6.86. The Bertz CT molecular complexity index is 1400. The minimum Gasteiger partial charge on any atom is -0.461 e. The second-order valence-electron chi connectivity index (χ2n) is 12.7. The molecule has 1 aliphatic carbocycles. The Hall–Kier alpha value is -3.82. The van der Waals surface area contributed by atoms with Gasteiger partial charge in [0.25, 0.3) is 0 Å². The number of Topliss-reactive ketones (excluding diaryl/α,β-unsaturated/α-hetero) is 5. The lowest BCUT2D eigenvalue weighted by atomic mass is 9.97. The average molecular weight is 777 g/mol. The standard InChI is InChI=1S/C38H52N2O11S2/c1-2-24-50-37(48)20-19-32(45)16-15-30(43)12-11-29(42)13-14-31(44)17-18-33(46)21-23-39-36(47)22-25-52-53-35-6-4-3-5-34(35)51-38(49)40-28-9-7-27(26-41)8-10-28/h2,7-10,34-35,41H,1,3-6,11-26H2,(H,39,47)(H,40,49)/t34-,35-/m0/s1. The molecule has 0 aliphatic heterocycles. The molecular weight excluding hydrogens is 725 g/mol. The zero-order chi connectivity index (χ0) is 38.8. The number of amides is 2. The van der Waals surface area contributed by atoms with E-state index in [1.165, 1.54) is 6.08 Å². The van der Waals surface area contributed by atoms with Crippen molar-refractivity contribution in [3.8, 4) is 0 Å². The first-order valence-electron chi connectivity index (χ1n) is 18.1. The van der Waals surface area contributed by atoms with E-state index in [0.717, 1.165) is 31.2 Å². The van der Waals surface area contributed by atoms with Crippen LogP contribution in [0.5, 0.6) is 0 Å². The Kier molecular flexibility index (Phi) is 23.0. The molecule has 0 aromatic heterocycles. The van der Waals surface area contributed by atoms with Gasteiger partial charge in [-0.1, -0.05) is 52.8 Å². The summed E-state index contributed by atoms with van der Waals surface area (Å²) in [6.07, 6.45) is 4.51. The van der Waals surface area contributed by atoms with Crippen LogP contribution in [0.4, 0.5) is 10.5 Å². The van der Waals surface area contributed by atoms with Gasteiger partial charge in [0.1, 0.15) is 41.6 Å². The summed E-state index contributed by atoms with van der Waals surface area (Å²) < 4.78 is 10.5. The SMILES string of the molecule is C=CCOC(=O)CCC(=O)CCC(=O)CCC(=O)CCC(=O)CCC(=O)CCNC(=O)CCSS[C@H]1CCCC[C@@H]1OC(=O)Nc1ccc(CO)cc1. The lowest BCUT2D eigenvalue weighted by molar-refractivity contribution is -0.143. The summed E-state index contributed by atoms with van der Waals surface area (Å²) in [6.45, 7) is 3.59. The molecule has 0 unspecified atom stereocenters. The molecule has 0 heterocycles. The molecule has 0 bridgehead atoms. The molecule has 53 heavy (non-hydrogen) atoms. The Morgan fingerprint density at radius 3 is 1.81 bits per heavy atom. The molecule has 1 aliphatic rings. The number of carbonyl (C=O) groups excluding carboxylic acids is 8. The van der Waals surface area contributed by atoms with Crippen LogP contribution in [0, 0.1) is 0 Å². The number of aliphatic hydroxyl groups is 1. The van der Waals surface area contributed by atoms with Gasteiger partial charge in [-0.2, -0.15) is 0 Å². The average Bonchev–Trinajstić information content (AvgIpc) is 3.15. The summed E-state index contributed by atoms with van der Waals surface area (Å²) in [7, 11) is 3.16. The molecule has 1 fully saturated rings. The van der Waals surface area contributed by atoms with E-state index in [0.29, 0.717) is 11.4 Å². The van der Waals surface area contributed by atoms with Gasteiger partial charge in [0.15, 0.2) is 0 Å². The Labute approximate surface area is 318 Å². The highest BCUT2D eigenvalue weighted by Crippen LogP contribution is 2.38. The zero-order valence-electron chi connectivity index (χ0n) is 30.2. The number of carbonyl (C=O) groups is 8. The Morgan fingerprint density at radius 1 is 0.736 bits per heavy atom. The number of anilines is 1. The first-order valence-corrected chi connectivity index (χ1v) is 20.4. The van der Waals surface area contributed by atoms with Crippen LogP contribution in [0.15, 0.2) is 36.9 Å². The molecule has 2 atom stereocenters. The van der Waals surface area contributed by atoms with Crippen LogP contribution in [0.1, 0.15) is 108 Å². The van der Waals surface area contributed by atoms with Gasteiger partial charge in [0, 0.05) is 88.6 Å². The number of hydrogen-bond donors (Lipinski definition) is 3. The second kappa shape index (κ2) is 26.9. The number of ketones is 5. The van der Waals surface area contributed by atoms with E-state index in [9.17, 15) is 38.4 Å². The molecule has 3 N–H and O–H groups in total. The first kappa shape index (κ1) is 45.3. The number of esters is 1. The molecule has 2 rings (SSSR count). The number of benzene rings is 1. The maximum Gasteiger partial charge on any atom is 0.411 e. The van der Waals surface area contributed by atoms with Gasteiger partial charge in [-0.15, -0.1) is 0 Å². The van der Waals surface area contributed by atoms with Crippen molar-refractivity contribution in [3.05, 3.63) is 42.5 Å². The van der Waals surface area contributed by atoms with Crippen molar-refractivity contribution >= 4 is 74.2 Å². The van der Waals surface area contributed by atoms with E-state index >= 15 is 0 Å². The predicted molar refractivity (Wildman–Crippen MR) is 203 cm³/mol. The highest BCUT2D eigenvalue weighted by atomic mass is 33.1. The third kappa shape index (κ3) is 21.5. The van der Waals surface area contributed by atoms with E-state index in [1.54, 1.807) is 45.9 Å². The highest BCUT2D eigenvalue weighted by Gasteiger charge is 2.29. The number of rotatable bonds is 28. The number of ether oxygens (including phenoxy) is 2. The summed E-state index contributed by atoms with van der Waals surface area (Å²) in [5.74, 6) is -1.27. The van der Waals surface area contributed by atoms with Gasteiger partial charge in [-0.05, 0) is 37.0 Å². The Balaban J connectivity index is 1.50. The molecular formula is C38H52N2O11S2. The van der Waals surface area contributed by atoms with Gasteiger partial charge < -0.3 is 19.9 Å². The lowest BCUT2D eigenvalue weighted by Crippen LogP contribution is -2.33. The first-order chi connectivity index (χ1) is 25.5. The highest BCUT2D eigenvalue weighted by molar-refractivity contribution is 8.77. The van der Waals surface area contributed by atoms with E-state index < -0.39 is 12.1 Å². The lowest BCUT2D eigenvalue weighted by Gasteiger charge is -2.30. The minimum atomic E-state index is -0.527. The largest absolute Gasteiger partial charge is 0.461 e. The second-order valence-corrected chi connectivity index (χ2v) is 15.4. The van der Waals surface area contributed by atoms with Crippen LogP contribution in [0.3, 0.4) is 0 Å². The summed E-state index contributed by atoms with van der Waals surface area (Å²) in [5.41, 5.74) is 1.33. The van der Waals surface area contributed by atoms with Crippen molar-refractivity contribution in [3.63, 3.8) is 0 Å². The van der Waals surface area contributed by atoms with Crippen molar-refractivity contribution in [1.82, 2.24) is 5.32 Å². The van der Waals surface area contributed by atoms with E-state index in [4.69, 9.17) is 14.6 Å². The predicted octanol–water partition coefficient (Wildman–Crippen LogP) is 5.79. The Morgan fingerprint density at radius 2 is 1.26 bits per heavy atom. The van der Waals surface area contributed by atoms with Gasteiger partial charge in [0.2, 0.25) is 5.91 Å². The molecule has 1 saturated carbocycles. The minimum absolute atomic E-state index is 0.00134. The van der Waals surface area contributed by atoms with Crippen molar-refractivity contribution in [1.29, 1.82) is 0 Å². The third-order valence-electron chi connectivity index (χ3n) is 8.31. The van der Waals surface area contributed by atoms with Crippen molar-refractivity contribution in [2.75, 3.05) is 24.2 Å². The van der Waals surface area contributed by atoms with Gasteiger partial charge >= 0.3 is 12.1 Å². The normalized spacial score (nSPS) is 15.1. The third-order valence-corrected chi connectivity index (χ3v) is 11.3. The van der Waals surface area contributed by atoms with E-state index in [1.807, 2.05) is 0 Å². The maximum atomic E-state index is 12.5. The fraction of sp³-hybridized carbons (Fsp3) is 0.579. The maximum absolute atomic E-state index is 12.5. The van der Waals surface area contributed by atoms with Crippen LogP contribution in [0.25, 0.3) is 0 Å². The molecule has 15 heteroatoms. The molecule has 0 spiro atoms. The fourth-order valence-corrected chi connectivity index (χ4v) is 8.03. The smallest absolute Gasteiger partial charge is 0.411 e. The van der Waals surface area contributed by atoms with Crippen molar-refractivity contribution in [2.24, 2.45) is 0 Å². The molecule has 0 radical (unpaired) electrons. The molecule has 1 aromatic rings. The van der Waals surface area contributed by atoms with Crippen LogP contribution in [-0.2, 0) is 49.6 Å². The number of hydrogen-bond acceptors (Lipinski definition) is 13. The van der Waals surface area contributed by atoms with Gasteiger partial charge in [-0.3, -0.25) is 38.9 Å². The van der Waals surface area contributed by atoms with E-state index in [-0.39, 0.29) is 143 Å².